The summed E-state index contributed by atoms with van der Waals surface area (Å²) in [5.41, 5.74) is 5.25. The Morgan fingerprint density at radius 2 is 1.30 bits per heavy atom. The molecule has 0 saturated heterocycles. The van der Waals surface area contributed by atoms with Gasteiger partial charge in [0.2, 0.25) is 0 Å². The highest BCUT2D eigenvalue weighted by atomic mass is 19.4. The minimum atomic E-state index is -4.92. The van der Waals surface area contributed by atoms with Gasteiger partial charge < -0.3 is 15.2 Å². The summed E-state index contributed by atoms with van der Waals surface area (Å²) < 4.78 is 81.2. The molecule has 124 valence electrons. The van der Waals surface area contributed by atoms with Gasteiger partial charge in [-0.25, -0.2) is 0 Å². The molecule has 3 nitrogen and oxygen atoms in total. The summed E-state index contributed by atoms with van der Waals surface area (Å²) in [6.07, 6.45) is -9.83. The first-order valence-electron chi connectivity index (χ1n) is 6.05. The fourth-order valence-corrected chi connectivity index (χ4v) is 1.85. The average molecular weight is 337 g/mol. The van der Waals surface area contributed by atoms with Crippen molar-refractivity contribution >= 4 is 5.69 Å². The maximum Gasteiger partial charge on any atom is 0.573 e. The molecule has 0 heterocycles. The molecule has 0 amide bonds. The van der Waals surface area contributed by atoms with E-state index in [1.54, 1.807) is 0 Å². The van der Waals surface area contributed by atoms with Gasteiger partial charge in [-0.3, -0.25) is 0 Å². The van der Waals surface area contributed by atoms with Gasteiger partial charge in [0, 0.05) is 5.56 Å². The predicted octanol–water partition coefficient (Wildman–Crippen LogP) is 4.73. The molecule has 0 aromatic heterocycles. The number of ether oxygens (including phenoxy) is 2. The molecular weight excluding hydrogens is 328 g/mol. The summed E-state index contributed by atoms with van der Waals surface area (Å²) in [7, 11) is 0. The quantitative estimate of drug-likeness (QED) is 0.650. The molecule has 0 fully saturated rings. The Balaban J connectivity index is 2.38. The number of para-hydroxylation sites is 1. The predicted molar refractivity (Wildman–Crippen MR) is 69.7 cm³/mol. The maximum atomic E-state index is 12.4. The Bertz CT molecular complexity index is 696. The minimum Gasteiger partial charge on any atom is -0.405 e. The molecule has 0 radical (unpaired) electrons. The molecule has 2 rings (SSSR count). The van der Waals surface area contributed by atoms with Crippen LogP contribution in [0.1, 0.15) is 0 Å². The third kappa shape index (κ3) is 4.70. The summed E-state index contributed by atoms with van der Waals surface area (Å²) in [5, 5.41) is 0. The van der Waals surface area contributed by atoms with Crippen molar-refractivity contribution in [1.82, 2.24) is 0 Å². The van der Waals surface area contributed by atoms with E-state index in [9.17, 15) is 26.3 Å². The lowest BCUT2D eigenvalue weighted by Crippen LogP contribution is -2.18. The Morgan fingerprint density at radius 3 is 1.87 bits per heavy atom. The van der Waals surface area contributed by atoms with E-state index in [2.05, 4.69) is 9.47 Å². The summed E-state index contributed by atoms with van der Waals surface area (Å²) >= 11 is 0. The number of anilines is 1. The van der Waals surface area contributed by atoms with Crippen molar-refractivity contribution in [3.8, 4) is 22.6 Å². The van der Waals surface area contributed by atoms with Crippen LogP contribution in [0.25, 0.3) is 11.1 Å². The van der Waals surface area contributed by atoms with Crippen molar-refractivity contribution in [2.24, 2.45) is 0 Å². The van der Waals surface area contributed by atoms with Crippen molar-refractivity contribution in [1.29, 1.82) is 0 Å². The number of rotatable bonds is 3. The molecule has 0 aliphatic heterocycles. The van der Waals surface area contributed by atoms with Crippen molar-refractivity contribution < 1.29 is 35.8 Å². The second kappa shape index (κ2) is 5.90. The highest BCUT2D eigenvalue weighted by Crippen LogP contribution is 2.37. The SMILES string of the molecule is Nc1cc(-c2ccccc2OC(F)(F)F)ccc1OC(F)(F)F. The maximum absolute atomic E-state index is 12.4. The van der Waals surface area contributed by atoms with Gasteiger partial charge in [0.25, 0.3) is 0 Å². The van der Waals surface area contributed by atoms with Gasteiger partial charge in [0.1, 0.15) is 5.75 Å². The van der Waals surface area contributed by atoms with Crippen LogP contribution in [-0.4, -0.2) is 12.7 Å². The molecule has 2 N–H and O–H groups in total. The number of benzene rings is 2. The van der Waals surface area contributed by atoms with Gasteiger partial charge in [0.05, 0.1) is 5.69 Å². The van der Waals surface area contributed by atoms with Crippen molar-refractivity contribution in [2.45, 2.75) is 12.7 Å². The largest absolute Gasteiger partial charge is 0.573 e. The molecule has 0 aliphatic carbocycles. The zero-order chi connectivity index (χ0) is 17.3. The van der Waals surface area contributed by atoms with Crippen LogP contribution in [-0.2, 0) is 0 Å². The first-order valence-corrected chi connectivity index (χ1v) is 6.05. The standard InChI is InChI=1S/C14H9F6NO2/c15-13(16,17)22-11-4-2-1-3-9(11)8-5-6-12(10(21)7-8)23-14(18,19)20/h1-7H,21H2. The van der Waals surface area contributed by atoms with Crippen molar-refractivity contribution in [2.75, 3.05) is 5.73 Å². The third-order valence-corrected chi connectivity index (χ3v) is 2.66. The van der Waals surface area contributed by atoms with E-state index < -0.39 is 24.2 Å². The van der Waals surface area contributed by atoms with E-state index in [4.69, 9.17) is 5.73 Å². The monoisotopic (exact) mass is 337 g/mol. The van der Waals surface area contributed by atoms with E-state index >= 15 is 0 Å². The van der Waals surface area contributed by atoms with Crippen LogP contribution < -0.4 is 15.2 Å². The van der Waals surface area contributed by atoms with Gasteiger partial charge in [-0.1, -0.05) is 24.3 Å². The first kappa shape index (κ1) is 16.8. The summed E-state index contributed by atoms with van der Waals surface area (Å²) in [4.78, 5) is 0. The van der Waals surface area contributed by atoms with Crippen molar-refractivity contribution in [3.63, 3.8) is 0 Å². The highest BCUT2D eigenvalue weighted by Gasteiger charge is 2.33. The van der Waals surface area contributed by atoms with Gasteiger partial charge in [-0.05, 0) is 23.8 Å². The Labute approximate surface area is 126 Å². The normalized spacial score (nSPS) is 12.1. The number of alkyl halides is 6. The van der Waals surface area contributed by atoms with Gasteiger partial charge >= 0.3 is 12.7 Å². The second-order valence-corrected chi connectivity index (χ2v) is 4.34. The van der Waals surface area contributed by atoms with E-state index in [1.807, 2.05) is 0 Å². The Kier molecular flexibility index (Phi) is 4.31. The van der Waals surface area contributed by atoms with Crippen molar-refractivity contribution in [3.05, 3.63) is 42.5 Å². The lowest BCUT2D eigenvalue weighted by atomic mass is 10.0. The average Bonchev–Trinajstić information content (AvgIpc) is 2.38. The summed E-state index contributed by atoms with van der Waals surface area (Å²) in [5.74, 6) is -1.14. The van der Waals surface area contributed by atoms with Crippen LogP contribution >= 0.6 is 0 Å². The van der Waals surface area contributed by atoms with E-state index in [0.29, 0.717) is 0 Å². The molecule has 0 spiro atoms. The van der Waals surface area contributed by atoms with E-state index in [1.165, 1.54) is 18.2 Å². The van der Waals surface area contributed by atoms with Crippen LogP contribution in [0.4, 0.5) is 32.0 Å². The number of halogens is 6. The van der Waals surface area contributed by atoms with Gasteiger partial charge in [0.15, 0.2) is 5.75 Å². The first-order chi connectivity index (χ1) is 10.6. The zero-order valence-corrected chi connectivity index (χ0v) is 11.2. The Morgan fingerprint density at radius 1 is 0.739 bits per heavy atom. The van der Waals surface area contributed by atoms with Crippen LogP contribution in [0.15, 0.2) is 42.5 Å². The second-order valence-electron chi connectivity index (χ2n) is 4.34. The molecule has 23 heavy (non-hydrogen) atoms. The third-order valence-electron chi connectivity index (χ3n) is 2.66. The lowest BCUT2D eigenvalue weighted by Gasteiger charge is -2.15. The number of hydrogen-bond donors (Lipinski definition) is 1. The topological polar surface area (TPSA) is 44.5 Å². The molecule has 0 saturated carbocycles. The molecule has 2 aromatic carbocycles. The lowest BCUT2D eigenvalue weighted by molar-refractivity contribution is -0.275. The number of nitrogens with two attached hydrogens (primary N) is 1. The smallest absolute Gasteiger partial charge is 0.405 e. The fourth-order valence-electron chi connectivity index (χ4n) is 1.85. The molecular formula is C14H9F6NO2. The van der Waals surface area contributed by atoms with E-state index in [0.717, 1.165) is 24.3 Å². The van der Waals surface area contributed by atoms with E-state index in [-0.39, 0.29) is 16.8 Å². The summed E-state index contributed by atoms with van der Waals surface area (Å²) in [6.45, 7) is 0. The van der Waals surface area contributed by atoms with Crippen LogP contribution in [0.3, 0.4) is 0 Å². The molecule has 0 bridgehead atoms. The van der Waals surface area contributed by atoms with Crippen LogP contribution in [0.2, 0.25) is 0 Å². The molecule has 9 heteroatoms. The minimum absolute atomic E-state index is 0.0232. The molecule has 0 atom stereocenters. The highest BCUT2D eigenvalue weighted by molar-refractivity contribution is 5.75. The number of hydrogen-bond acceptors (Lipinski definition) is 3. The van der Waals surface area contributed by atoms with Crippen LogP contribution in [0.5, 0.6) is 11.5 Å². The Hall–Kier alpha value is -2.58. The van der Waals surface area contributed by atoms with Gasteiger partial charge in [-0.2, -0.15) is 0 Å². The molecule has 0 aliphatic rings. The fraction of sp³-hybridized carbons (Fsp3) is 0.143. The summed E-state index contributed by atoms with van der Waals surface area (Å²) in [6, 6.07) is 8.32. The zero-order valence-electron chi connectivity index (χ0n) is 11.2. The molecule has 0 unspecified atom stereocenters. The van der Waals surface area contributed by atoms with Gasteiger partial charge in [-0.15, -0.1) is 26.3 Å². The molecule has 2 aromatic rings. The van der Waals surface area contributed by atoms with Crippen LogP contribution in [0, 0.1) is 0 Å². The number of nitrogen functional groups attached to an aromatic ring is 1.